The van der Waals surface area contributed by atoms with Gasteiger partial charge in [-0.1, -0.05) is 0 Å². The quantitative estimate of drug-likeness (QED) is 0.709. The zero-order valence-corrected chi connectivity index (χ0v) is 11.8. The number of aliphatic hydroxyl groups is 1. The first kappa shape index (κ1) is 14.3. The van der Waals surface area contributed by atoms with E-state index in [1.165, 1.54) is 25.7 Å². The van der Waals surface area contributed by atoms with Crippen LogP contribution in [-0.4, -0.2) is 61.5 Å². The molecule has 18 heavy (non-hydrogen) atoms. The van der Waals surface area contributed by atoms with E-state index in [1.807, 2.05) is 0 Å². The van der Waals surface area contributed by atoms with Crippen LogP contribution in [0.1, 0.15) is 32.6 Å². The SMILES string of the molecule is COCC1CCCN(CC(C)(CO)NC2CC2)C1. The van der Waals surface area contributed by atoms with Crippen molar-refractivity contribution in [3.05, 3.63) is 0 Å². The molecule has 2 rings (SSSR count). The summed E-state index contributed by atoms with van der Waals surface area (Å²) in [7, 11) is 1.78. The number of piperidine rings is 1. The molecule has 1 heterocycles. The minimum Gasteiger partial charge on any atom is -0.394 e. The lowest BCUT2D eigenvalue weighted by molar-refractivity contribution is 0.0602. The third-order valence-electron chi connectivity index (χ3n) is 4.06. The highest BCUT2D eigenvalue weighted by Crippen LogP contribution is 2.24. The number of nitrogens with one attached hydrogen (secondary N) is 1. The fourth-order valence-corrected chi connectivity index (χ4v) is 3.02. The predicted molar refractivity (Wildman–Crippen MR) is 72.7 cm³/mol. The second kappa shape index (κ2) is 6.33. The van der Waals surface area contributed by atoms with E-state index < -0.39 is 0 Å². The van der Waals surface area contributed by atoms with Crippen molar-refractivity contribution >= 4 is 0 Å². The lowest BCUT2D eigenvalue weighted by Gasteiger charge is -2.39. The van der Waals surface area contributed by atoms with Crippen LogP contribution in [0.25, 0.3) is 0 Å². The van der Waals surface area contributed by atoms with E-state index in [2.05, 4.69) is 17.1 Å². The summed E-state index contributed by atoms with van der Waals surface area (Å²) in [5.41, 5.74) is -0.143. The molecule has 1 aliphatic heterocycles. The molecule has 4 nitrogen and oxygen atoms in total. The number of rotatable bonds is 7. The number of nitrogens with zero attached hydrogens (tertiary/aromatic N) is 1. The van der Waals surface area contributed by atoms with Crippen molar-refractivity contribution in [1.82, 2.24) is 10.2 Å². The average molecular weight is 256 g/mol. The van der Waals surface area contributed by atoms with Gasteiger partial charge in [0.2, 0.25) is 0 Å². The maximum absolute atomic E-state index is 9.65. The summed E-state index contributed by atoms with van der Waals surface area (Å²) < 4.78 is 5.27. The highest BCUT2D eigenvalue weighted by Gasteiger charge is 2.34. The minimum atomic E-state index is -0.143. The third kappa shape index (κ3) is 4.19. The predicted octanol–water partition coefficient (Wildman–Crippen LogP) is 0.848. The van der Waals surface area contributed by atoms with Crippen molar-refractivity contribution in [2.24, 2.45) is 5.92 Å². The van der Waals surface area contributed by atoms with E-state index in [-0.39, 0.29) is 12.1 Å². The van der Waals surface area contributed by atoms with E-state index in [0.717, 1.165) is 26.2 Å². The lowest BCUT2D eigenvalue weighted by Crippen LogP contribution is -2.56. The molecule has 1 aliphatic carbocycles. The van der Waals surface area contributed by atoms with E-state index in [1.54, 1.807) is 7.11 Å². The topological polar surface area (TPSA) is 44.7 Å². The van der Waals surface area contributed by atoms with Gasteiger partial charge in [-0.15, -0.1) is 0 Å². The number of likely N-dealkylation sites (tertiary alicyclic amines) is 1. The first-order valence-corrected chi connectivity index (χ1v) is 7.25. The second-order valence-corrected chi connectivity index (χ2v) is 6.34. The van der Waals surface area contributed by atoms with Crippen LogP contribution in [0.3, 0.4) is 0 Å². The number of hydrogen-bond acceptors (Lipinski definition) is 4. The van der Waals surface area contributed by atoms with Crippen LogP contribution >= 0.6 is 0 Å². The van der Waals surface area contributed by atoms with Crippen molar-refractivity contribution in [3.63, 3.8) is 0 Å². The van der Waals surface area contributed by atoms with E-state index in [4.69, 9.17) is 4.74 Å². The average Bonchev–Trinajstić information content (AvgIpc) is 3.13. The molecule has 1 saturated heterocycles. The highest BCUT2D eigenvalue weighted by molar-refractivity contribution is 4.95. The normalized spacial score (nSPS) is 29.2. The maximum atomic E-state index is 9.65. The first-order valence-electron chi connectivity index (χ1n) is 7.25. The van der Waals surface area contributed by atoms with Gasteiger partial charge in [-0.25, -0.2) is 0 Å². The Morgan fingerprint density at radius 1 is 1.39 bits per heavy atom. The number of aliphatic hydroxyl groups excluding tert-OH is 1. The molecule has 0 radical (unpaired) electrons. The molecule has 2 atom stereocenters. The zero-order valence-electron chi connectivity index (χ0n) is 11.8. The summed E-state index contributed by atoms with van der Waals surface area (Å²) >= 11 is 0. The van der Waals surface area contributed by atoms with Crippen LogP contribution in [0.4, 0.5) is 0 Å². The highest BCUT2D eigenvalue weighted by atomic mass is 16.5. The van der Waals surface area contributed by atoms with Crippen molar-refractivity contribution in [2.75, 3.05) is 40.0 Å². The van der Waals surface area contributed by atoms with Gasteiger partial charge < -0.3 is 20.1 Å². The molecule has 0 spiro atoms. The smallest absolute Gasteiger partial charge is 0.0623 e. The van der Waals surface area contributed by atoms with Crippen molar-refractivity contribution in [3.8, 4) is 0 Å². The molecule has 2 aliphatic rings. The van der Waals surface area contributed by atoms with E-state index >= 15 is 0 Å². The number of methoxy groups -OCH3 is 1. The summed E-state index contributed by atoms with van der Waals surface area (Å²) in [4.78, 5) is 2.48. The summed E-state index contributed by atoms with van der Waals surface area (Å²) in [5, 5.41) is 13.2. The molecule has 0 aromatic rings. The van der Waals surface area contributed by atoms with Gasteiger partial charge in [0.05, 0.1) is 18.8 Å². The standard InChI is InChI=1S/C14H28N2O2/c1-14(11-17,15-13-5-6-13)10-16-7-3-4-12(8-16)9-18-2/h12-13,15,17H,3-11H2,1-2H3. The van der Waals surface area contributed by atoms with Crippen LogP contribution in [0.15, 0.2) is 0 Å². The van der Waals surface area contributed by atoms with Crippen molar-refractivity contribution in [1.29, 1.82) is 0 Å². The Bertz CT molecular complexity index is 256. The third-order valence-corrected chi connectivity index (χ3v) is 4.06. The van der Waals surface area contributed by atoms with Gasteiger partial charge in [-0.2, -0.15) is 0 Å². The van der Waals surface area contributed by atoms with Crippen LogP contribution in [-0.2, 0) is 4.74 Å². The van der Waals surface area contributed by atoms with Crippen LogP contribution in [0.5, 0.6) is 0 Å². The lowest BCUT2D eigenvalue weighted by atomic mass is 9.95. The monoisotopic (exact) mass is 256 g/mol. The van der Waals surface area contributed by atoms with Crippen molar-refractivity contribution < 1.29 is 9.84 Å². The Labute approximate surface area is 111 Å². The van der Waals surface area contributed by atoms with Gasteiger partial charge in [0, 0.05) is 26.2 Å². The number of hydrogen-bond donors (Lipinski definition) is 2. The molecule has 106 valence electrons. The van der Waals surface area contributed by atoms with Gasteiger partial charge in [0.15, 0.2) is 0 Å². The van der Waals surface area contributed by atoms with Crippen LogP contribution < -0.4 is 5.32 Å². The molecule has 2 unspecified atom stereocenters. The van der Waals surface area contributed by atoms with Gasteiger partial charge >= 0.3 is 0 Å². The second-order valence-electron chi connectivity index (χ2n) is 6.34. The maximum Gasteiger partial charge on any atom is 0.0623 e. The molecule has 0 amide bonds. The molecular formula is C14H28N2O2. The summed E-state index contributed by atoms with van der Waals surface area (Å²) in [5.74, 6) is 0.660. The summed E-state index contributed by atoms with van der Waals surface area (Å²) in [6.45, 7) is 6.43. The van der Waals surface area contributed by atoms with Gasteiger partial charge in [0.25, 0.3) is 0 Å². The Morgan fingerprint density at radius 3 is 2.78 bits per heavy atom. The first-order chi connectivity index (χ1) is 8.65. The zero-order chi connectivity index (χ0) is 13.0. The molecule has 2 N–H and O–H groups in total. The Morgan fingerprint density at radius 2 is 2.17 bits per heavy atom. The number of ether oxygens (including phenoxy) is 1. The molecular weight excluding hydrogens is 228 g/mol. The van der Waals surface area contributed by atoms with E-state index in [0.29, 0.717) is 12.0 Å². The molecule has 0 aromatic carbocycles. The summed E-state index contributed by atoms with van der Waals surface area (Å²) in [6, 6.07) is 0.640. The largest absolute Gasteiger partial charge is 0.394 e. The minimum absolute atomic E-state index is 0.143. The molecule has 0 aromatic heterocycles. The van der Waals surface area contributed by atoms with Crippen LogP contribution in [0.2, 0.25) is 0 Å². The van der Waals surface area contributed by atoms with Gasteiger partial charge in [0.1, 0.15) is 0 Å². The van der Waals surface area contributed by atoms with Gasteiger partial charge in [-0.3, -0.25) is 0 Å². The Balaban J connectivity index is 1.81. The molecule has 4 heteroatoms. The molecule has 2 fully saturated rings. The van der Waals surface area contributed by atoms with Gasteiger partial charge in [-0.05, 0) is 45.1 Å². The molecule has 1 saturated carbocycles. The van der Waals surface area contributed by atoms with E-state index in [9.17, 15) is 5.11 Å². The van der Waals surface area contributed by atoms with Crippen molar-refractivity contribution in [2.45, 2.75) is 44.2 Å². The fourth-order valence-electron chi connectivity index (χ4n) is 3.02. The Hall–Kier alpha value is -0.160. The fraction of sp³-hybridized carbons (Fsp3) is 1.00. The van der Waals surface area contributed by atoms with Crippen LogP contribution in [0, 0.1) is 5.92 Å². The summed E-state index contributed by atoms with van der Waals surface area (Å²) in [6.07, 6.45) is 5.05. The Kier molecular flexibility index (Phi) is 5.01. The molecule has 0 bridgehead atoms.